The van der Waals surface area contributed by atoms with Crippen LogP contribution in [0.5, 0.6) is 0 Å². The Kier molecular flexibility index (Phi) is 1.97. The summed E-state index contributed by atoms with van der Waals surface area (Å²) in [6.45, 7) is 2.18. The van der Waals surface area contributed by atoms with Crippen molar-refractivity contribution in [2.75, 3.05) is 6.54 Å². The van der Waals surface area contributed by atoms with E-state index in [-0.39, 0.29) is 6.42 Å². The second-order valence-corrected chi connectivity index (χ2v) is 2.52. The van der Waals surface area contributed by atoms with Gasteiger partial charge < -0.3 is 10.6 Å². The van der Waals surface area contributed by atoms with E-state index in [2.05, 4.69) is 10.6 Å². The molecule has 1 saturated carbocycles. The lowest BCUT2D eigenvalue weighted by Gasteiger charge is -2.03. The fourth-order valence-corrected chi connectivity index (χ4v) is 0.740. The molecule has 1 aliphatic rings. The number of urea groups is 1. The van der Waals surface area contributed by atoms with Crippen LogP contribution in [0.1, 0.15) is 13.3 Å². The van der Waals surface area contributed by atoms with Crippen LogP contribution in [0.3, 0.4) is 0 Å². The Labute approximate surface area is 63.2 Å². The Morgan fingerprint density at radius 3 is 2.64 bits per heavy atom. The Bertz CT molecular complexity index is 172. The summed E-state index contributed by atoms with van der Waals surface area (Å²) >= 11 is 0. The molecule has 0 radical (unpaired) electrons. The molecule has 0 saturated heterocycles. The van der Waals surface area contributed by atoms with Crippen LogP contribution in [-0.4, -0.2) is 24.5 Å². The van der Waals surface area contributed by atoms with Gasteiger partial charge in [-0.3, -0.25) is 0 Å². The third kappa shape index (κ3) is 2.03. The number of rotatable bonds is 2. The molecule has 0 aliphatic heterocycles. The van der Waals surface area contributed by atoms with Crippen LogP contribution in [0.15, 0.2) is 0 Å². The Hall–Kier alpha value is -0.870. The predicted octanol–water partition coefficient (Wildman–Crippen LogP) is 0.713. The van der Waals surface area contributed by atoms with Gasteiger partial charge in [0, 0.05) is 13.0 Å². The largest absolute Gasteiger partial charge is 0.338 e. The van der Waals surface area contributed by atoms with E-state index in [9.17, 15) is 13.6 Å². The molecule has 0 spiro atoms. The van der Waals surface area contributed by atoms with E-state index < -0.39 is 18.0 Å². The van der Waals surface area contributed by atoms with Crippen molar-refractivity contribution in [3.8, 4) is 0 Å². The zero-order valence-electron chi connectivity index (χ0n) is 6.16. The van der Waals surface area contributed by atoms with Crippen LogP contribution in [0.2, 0.25) is 0 Å². The lowest BCUT2D eigenvalue weighted by molar-refractivity contribution is 0.107. The Balaban J connectivity index is 2.18. The molecular formula is C6H10F2N2O. The van der Waals surface area contributed by atoms with Crippen LogP contribution in [-0.2, 0) is 0 Å². The number of carbonyl (C=O) groups is 1. The van der Waals surface area contributed by atoms with E-state index in [0.29, 0.717) is 6.54 Å². The first-order valence-electron chi connectivity index (χ1n) is 3.48. The van der Waals surface area contributed by atoms with Crippen molar-refractivity contribution in [1.29, 1.82) is 0 Å². The molecule has 1 atom stereocenters. The summed E-state index contributed by atoms with van der Waals surface area (Å²) in [5, 5.41) is 4.52. The highest BCUT2D eigenvalue weighted by molar-refractivity contribution is 5.74. The van der Waals surface area contributed by atoms with Crippen molar-refractivity contribution in [2.24, 2.45) is 0 Å². The van der Waals surface area contributed by atoms with Crippen molar-refractivity contribution >= 4 is 6.03 Å². The fourth-order valence-electron chi connectivity index (χ4n) is 0.740. The summed E-state index contributed by atoms with van der Waals surface area (Å²) in [6, 6.07) is -1.47. The van der Waals surface area contributed by atoms with Crippen molar-refractivity contribution < 1.29 is 13.6 Å². The highest BCUT2D eigenvalue weighted by Crippen LogP contribution is 2.41. The average molecular weight is 164 g/mol. The molecule has 0 heterocycles. The third-order valence-corrected chi connectivity index (χ3v) is 1.47. The zero-order chi connectivity index (χ0) is 8.48. The molecule has 0 aromatic carbocycles. The van der Waals surface area contributed by atoms with Crippen LogP contribution in [0, 0.1) is 0 Å². The molecule has 1 fully saturated rings. The van der Waals surface area contributed by atoms with E-state index >= 15 is 0 Å². The molecule has 0 bridgehead atoms. The van der Waals surface area contributed by atoms with Gasteiger partial charge in [0.1, 0.15) is 6.04 Å². The molecule has 2 N–H and O–H groups in total. The Morgan fingerprint density at radius 1 is 1.73 bits per heavy atom. The first kappa shape index (κ1) is 8.23. The second-order valence-electron chi connectivity index (χ2n) is 2.52. The summed E-state index contributed by atoms with van der Waals surface area (Å²) in [5.41, 5.74) is 0. The van der Waals surface area contributed by atoms with Crippen LogP contribution >= 0.6 is 0 Å². The quantitative estimate of drug-likeness (QED) is 0.620. The number of nitrogens with one attached hydrogen (secondary N) is 2. The lowest BCUT2D eigenvalue weighted by atomic mass is 10.6. The molecule has 0 aromatic rings. The molecule has 2 amide bonds. The van der Waals surface area contributed by atoms with Gasteiger partial charge in [-0.1, -0.05) is 0 Å². The molecule has 11 heavy (non-hydrogen) atoms. The van der Waals surface area contributed by atoms with E-state index in [1.807, 2.05) is 0 Å². The number of amides is 2. The summed E-state index contributed by atoms with van der Waals surface area (Å²) in [4.78, 5) is 10.6. The smallest absolute Gasteiger partial charge is 0.315 e. The number of hydrogen-bond acceptors (Lipinski definition) is 1. The maximum atomic E-state index is 12.2. The highest BCUT2D eigenvalue weighted by atomic mass is 19.3. The third-order valence-electron chi connectivity index (χ3n) is 1.47. The maximum absolute atomic E-state index is 12.2. The van der Waals surface area contributed by atoms with Gasteiger partial charge >= 0.3 is 6.03 Å². The molecule has 1 rings (SSSR count). The van der Waals surface area contributed by atoms with E-state index in [1.54, 1.807) is 6.92 Å². The molecule has 5 heteroatoms. The summed E-state index contributed by atoms with van der Waals surface area (Å²) in [5.74, 6) is -2.68. The van der Waals surface area contributed by atoms with Crippen molar-refractivity contribution in [3.63, 3.8) is 0 Å². The predicted molar refractivity (Wildman–Crippen MR) is 35.6 cm³/mol. The maximum Gasteiger partial charge on any atom is 0.315 e. The van der Waals surface area contributed by atoms with Crippen molar-refractivity contribution in [3.05, 3.63) is 0 Å². The normalized spacial score (nSPS) is 25.9. The van der Waals surface area contributed by atoms with Gasteiger partial charge in [-0.05, 0) is 6.92 Å². The molecule has 1 unspecified atom stereocenters. The molecule has 64 valence electrons. The molecule has 3 nitrogen and oxygen atoms in total. The summed E-state index contributed by atoms with van der Waals surface area (Å²) in [6.07, 6.45) is -0.232. The molecular weight excluding hydrogens is 154 g/mol. The van der Waals surface area contributed by atoms with Gasteiger partial charge in [-0.25, -0.2) is 13.6 Å². The van der Waals surface area contributed by atoms with E-state index in [1.165, 1.54) is 0 Å². The number of hydrogen-bond donors (Lipinski definition) is 2. The van der Waals surface area contributed by atoms with Gasteiger partial charge in [0.15, 0.2) is 0 Å². The second kappa shape index (κ2) is 2.64. The zero-order valence-corrected chi connectivity index (χ0v) is 6.16. The lowest BCUT2D eigenvalue weighted by Crippen LogP contribution is -2.38. The van der Waals surface area contributed by atoms with Gasteiger partial charge in [0.05, 0.1) is 0 Å². The van der Waals surface area contributed by atoms with Gasteiger partial charge in [-0.2, -0.15) is 0 Å². The van der Waals surface area contributed by atoms with Crippen molar-refractivity contribution in [2.45, 2.75) is 25.3 Å². The standard InChI is InChI=1S/C6H10F2N2O/c1-2-9-5(11)10-4-3-6(4,7)8/h4H,2-3H2,1H3,(H2,9,10,11). The van der Waals surface area contributed by atoms with Gasteiger partial charge in [0.2, 0.25) is 0 Å². The average Bonchev–Trinajstić information content (AvgIpc) is 2.39. The molecule has 1 aliphatic carbocycles. The highest BCUT2D eigenvalue weighted by Gasteiger charge is 2.57. The first-order chi connectivity index (χ1) is 5.06. The monoisotopic (exact) mass is 164 g/mol. The van der Waals surface area contributed by atoms with Crippen LogP contribution in [0.4, 0.5) is 13.6 Å². The van der Waals surface area contributed by atoms with Gasteiger partial charge in [-0.15, -0.1) is 0 Å². The Morgan fingerprint density at radius 2 is 2.27 bits per heavy atom. The summed E-state index contributed by atoms with van der Waals surface area (Å²) < 4.78 is 24.3. The van der Waals surface area contributed by atoms with Crippen LogP contribution < -0.4 is 10.6 Å². The van der Waals surface area contributed by atoms with E-state index in [0.717, 1.165) is 0 Å². The SMILES string of the molecule is CCNC(=O)NC1CC1(F)F. The minimum absolute atomic E-state index is 0.232. The minimum Gasteiger partial charge on any atom is -0.338 e. The van der Waals surface area contributed by atoms with Gasteiger partial charge in [0.25, 0.3) is 5.92 Å². The topological polar surface area (TPSA) is 41.1 Å². The van der Waals surface area contributed by atoms with E-state index in [4.69, 9.17) is 0 Å². The first-order valence-corrected chi connectivity index (χ1v) is 3.48. The minimum atomic E-state index is -2.68. The number of carbonyl (C=O) groups excluding carboxylic acids is 1. The number of halogens is 2. The number of alkyl halides is 2. The molecule has 0 aromatic heterocycles. The fraction of sp³-hybridized carbons (Fsp3) is 0.833. The van der Waals surface area contributed by atoms with Crippen LogP contribution in [0.25, 0.3) is 0 Å². The van der Waals surface area contributed by atoms with Crippen molar-refractivity contribution in [1.82, 2.24) is 10.6 Å². The summed E-state index contributed by atoms with van der Waals surface area (Å²) in [7, 11) is 0.